The number of methoxy groups -OCH3 is 1. The summed E-state index contributed by atoms with van der Waals surface area (Å²) in [6, 6.07) is 0.0163. The molecule has 0 heterocycles. The normalized spacial score (nSPS) is 13.5. The van der Waals surface area contributed by atoms with Gasteiger partial charge < -0.3 is 19.9 Å². The maximum atomic E-state index is 8.92. The van der Waals surface area contributed by atoms with E-state index in [1.165, 1.54) is 0 Å². The van der Waals surface area contributed by atoms with Crippen LogP contribution in [0.5, 0.6) is 0 Å². The van der Waals surface area contributed by atoms with Gasteiger partial charge in [0, 0.05) is 20.3 Å². The number of rotatable bonds is 9. The Kier molecular flexibility index (Phi) is 9.29. The van der Waals surface area contributed by atoms with E-state index in [1.54, 1.807) is 7.11 Å². The number of nitrogens with one attached hydrogen (secondary N) is 1. The lowest BCUT2D eigenvalue weighted by Gasteiger charge is -2.15. The molecule has 1 unspecified atom stereocenters. The van der Waals surface area contributed by atoms with Gasteiger partial charge >= 0.3 is 0 Å². The maximum absolute atomic E-state index is 8.92. The zero-order chi connectivity index (χ0) is 10.8. The average Bonchev–Trinajstić information content (AvgIpc) is 2.15. The summed E-state index contributed by atoms with van der Waals surface area (Å²) in [7, 11) is 1.62. The third-order valence-electron chi connectivity index (χ3n) is 1.72. The molecule has 1 atom stereocenters. The minimum absolute atomic E-state index is 0.0163. The van der Waals surface area contributed by atoms with Gasteiger partial charge in [-0.05, 0) is 5.92 Å². The van der Waals surface area contributed by atoms with Crippen molar-refractivity contribution < 1.29 is 14.6 Å². The van der Waals surface area contributed by atoms with Gasteiger partial charge in [0.1, 0.15) is 0 Å². The molecule has 0 aromatic carbocycles. The van der Waals surface area contributed by atoms with E-state index < -0.39 is 0 Å². The summed E-state index contributed by atoms with van der Waals surface area (Å²) >= 11 is 0. The molecule has 4 heteroatoms. The summed E-state index contributed by atoms with van der Waals surface area (Å²) in [6.07, 6.45) is 0. The van der Waals surface area contributed by atoms with Crippen LogP contribution in [-0.2, 0) is 9.47 Å². The average molecular weight is 205 g/mol. The Labute approximate surface area is 86.6 Å². The highest BCUT2D eigenvalue weighted by molar-refractivity contribution is 4.63. The predicted molar refractivity (Wildman–Crippen MR) is 56.4 cm³/mol. The molecule has 0 amide bonds. The topological polar surface area (TPSA) is 50.7 Å². The van der Waals surface area contributed by atoms with Gasteiger partial charge in [-0.1, -0.05) is 13.8 Å². The van der Waals surface area contributed by atoms with E-state index in [1.807, 2.05) is 0 Å². The van der Waals surface area contributed by atoms with Crippen molar-refractivity contribution in [1.82, 2.24) is 5.32 Å². The molecule has 0 saturated heterocycles. The monoisotopic (exact) mass is 205 g/mol. The Balaban J connectivity index is 3.24. The molecule has 4 nitrogen and oxygen atoms in total. The SMILES string of the molecule is COCC(CO)NCCOCC(C)C. The molecular weight excluding hydrogens is 182 g/mol. The van der Waals surface area contributed by atoms with Crippen molar-refractivity contribution in [3.05, 3.63) is 0 Å². The van der Waals surface area contributed by atoms with Crippen LogP contribution < -0.4 is 5.32 Å². The molecular formula is C10H23NO3. The minimum Gasteiger partial charge on any atom is -0.395 e. The molecule has 0 aromatic rings. The summed E-state index contributed by atoms with van der Waals surface area (Å²) in [5.41, 5.74) is 0. The van der Waals surface area contributed by atoms with Gasteiger partial charge in [-0.25, -0.2) is 0 Å². The zero-order valence-electron chi connectivity index (χ0n) is 9.45. The number of hydrogen-bond donors (Lipinski definition) is 2. The fourth-order valence-corrected chi connectivity index (χ4v) is 1.03. The molecule has 0 aliphatic carbocycles. The van der Waals surface area contributed by atoms with Crippen molar-refractivity contribution in [3.63, 3.8) is 0 Å². The number of ether oxygens (including phenoxy) is 2. The van der Waals surface area contributed by atoms with E-state index in [2.05, 4.69) is 19.2 Å². The number of hydrogen-bond acceptors (Lipinski definition) is 4. The van der Waals surface area contributed by atoms with Crippen LogP contribution in [0.25, 0.3) is 0 Å². The lowest BCUT2D eigenvalue weighted by atomic mass is 10.2. The fourth-order valence-electron chi connectivity index (χ4n) is 1.03. The van der Waals surface area contributed by atoms with Crippen LogP contribution in [-0.4, -0.2) is 51.2 Å². The van der Waals surface area contributed by atoms with E-state index in [-0.39, 0.29) is 12.6 Å². The molecule has 0 radical (unpaired) electrons. The van der Waals surface area contributed by atoms with Crippen molar-refractivity contribution in [2.24, 2.45) is 5.92 Å². The molecule has 0 aliphatic rings. The molecule has 0 bridgehead atoms. The molecule has 0 fully saturated rings. The maximum Gasteiger partial charge on any atom is 0.0638 e. The minimum atomic E-state index is 0.0163. The Hall–Kier alpha value is -0.160. The lowest BCUT2D eigenvalue weighted by molar-refractivity contribution is 0.0948. The largest absolute Gasteiger partial charge is 0.395 e. The summed E-state index contributed by atoms with van der Waals surface area (Å²) in [6.45, 7) is 7.08. The van der Waals surface area contributed by atoms with Gasteiger partial charge in [0.2, 0.25) is 0 Å². The Morgan fingerprint density at radius 2 is 2.00 bits per heavy atom. The second-order valence-corrected chi connectivity index (χ2v) is 3.76. The van der Waals surface area contributed by atoms with Gasteiger partial charge in [0.25, 0.3) is 0 Å². The van der Waals surface area contributed by atoms with Crippen LogP contribution in [0, 0.1) is 5.92 Å². The first-order chi connectivity index (χ1) is 6.70. The van der Waals surface area contributed by atoms with Crippen LogP contribution in [0.4, 0.5) is 0 Å². The summed E-state index contributed by atoms with van der Waals surface area (Å²) in [4.78, 5) is 0. The van der Waals surface area contributed by atoms with E-state index in [0.29, 0.717) is 19.1 Å². The molecule has 86 valence electrons. The van der Waals surface area contributed by atoms with Crippen LogP contribution in [0.1, 0.15) is 13.8 Å². The Morgan fingerprint density at radius 1 is 1.29 bits per heavy atom. The van der Waals surface area contributed by atoms with E-state index in [0.717, 1.165) is 13.2 Å². The van der Waals surface area contributed by atoms with Crippen LogP contribution >= 0.6 is 0 Å². The van der Waals surface area contributed by atoms with Gasteiger partial charge in [-0.2, -0.15) is 0 Å². The predicted octanol–water partition coefficient (Wildman–Crippen LogP) is 0.256. The highest BCUT2D eigenvalue weighted by atomic mass is 16.5. The molecule has 14 heavy (non-hydrogen) atoms. The van der Waals surface area contributed by atoms with Crippen molar-refractivity contribution >= 4 is 0 Å². The summed E-state index contributed by atoms with van der Waals surface area (Å²) in [5, 5.41) is 12.1. The lowest BCUT2D eigenvalue weighted by Crippen LogP contribution is -2.38. The van der Waals surface area contributed by atoms with Crippen molar-refractivity contribution in [2.45, 2.75) is 19.9 Å². The van der Waals surface area contributed by atoms with E-state index in [9.17, 15) is 0 Å². The standard InChI is InChI=1S/C10H23NO3/c1-9(2)7-14-5-4-11-10(6-12)8-13-3/h9-12H,4-8H2,1-3H3. The molecule has 0 spiro atoms. The van der Waals surface area contributed by atoms with Gasteiger partial charge in [-0.15, -0.1) is 0 Å². The third-order valence-corrected chi connectivity index (χ3v) is 1.72. The molecule has 0 rings (SSSR count). The second-order valence-electron chi connectivity index (χ2n) is 3.76. The van der Waals surface area contributed by atoms with Crippen LogP contribution in [0.15, 0.2) is 0 Å². The van der Waals surface area contributed by atoms with Crippen molar-refractivity contribution in [3.8, 4) is 0 Å². The molecule has 0 saturated carbocycles. The molecule has 0 aromatic heterocycles. The Bertz CT molecular complexity index is 120. The summed E-state index contributed by atoms with van der Waals surface area (Å²) in [5.74, 6) is 0.572. The van der Waals surface area contributed by atoms with Crippen LogP contribution in [0.2, 0.25) is 0 Å². The third kappa shape index (κ3) is 8.44. The molecule has 0 aliphatic heterocycles. The highest BCUT2D eigenvalue weighted by Crippen LogP contribution is 1.91. The molecule has 2 N–H and O–H groups in total. The van der Waals surface area contributed by atoms with E-state index in [4.69, 9.17) is 14.6 Å². The van der Waals surface area contributed by atoms with E-state index >= 15 is 0 Å². The van der Waals surface area contributed by atoms with Crippen molar-refractivity contribution in [1.29, 1.82) is 0 Å². The van der Waals surface area contributed by atoms with Gasteiger partial charge in [-0.3, -0.25) is 0 Å². The Morgan fingerprint density at radius 3 is 2.50 bits per heavy atom. The quantitative estimate of drug-likeness (QED) is 0.530. The first-order valence-electron chi connectivity index (χ1n) is 5.11. The van der Waals surface area contributed by atoms with Gasteiger partial charge in [0.15, 0.2) is 0 Å². The zero-order valence-corrected chi connectivity index (χ0v) is 9.45. The van der Waals surface area contributed by atoms with Crippen molar-refractivity contribution in [2.75, 3.05) is 40.1 Å². The number of aliphatic hydroxyl groups is 1. The second kappa shape index (κ2) is 9.40. The smallest absolute Gasteiger partial charge is 0.0638 e. The first-order valence-corrected chi connectivity index (χ1v) is 5.11. The van der Waals surface area contributed by atoms with Gasteiger partial charge in [0.05, 0.1) is 25.9 Å². The highest BCUT2D eigenvalue weighted by Gasteiger charge is 2.04. The van der Waals surface area contributed by atoms with Crippen LogP contribution in [0.3, 0.4) is 0 Å². The first kappa shape index (κ1) is 13.8. The summed E-state index contributed by atoms with van der Waals surface area (Å²) < 4.78 is 10.3. The number of aliphatic hydroxyl groups excluding tert-OH is 1. The fraction of sp³-hybridized carbons (Fsp3) is 1.00.